The van der Waals surface area contributed by atoms with Gasteiger partial charge in [-0.15, -0.1) is 0 Å². The standard InChI is InChI=1S/C20H23N3O/c21-20(24)23-9-3-6-15-7-8-18(12-19(15)23)22-13-14-10-16-4-1-2-5-17(16)11-14/h1-2,4-5,7-8,12,14,22H,3,6,9-11,13H2,(H2,21,24). The lowest BCUT2D eigenvalue weighted by Gasteiger charge is -2.28. The fourth-order valence-electron chi connectivity index (χ4n) is 3.97. The summed E-state index contributed by atoms with van der Waals surface area (Å²) in [5, 5.41) is 3.55. The Morgan fingerprint density at radius 1 is 1.12 bits per heavy atom. The van der Waals surface area contributed by atoms with Crippen LogP contribution in [0.5, 0.6) is 0 Å². The molecule has 4 rings (SSSR count). The van der Waals surface area contributed by atoms with Crippen LogP contribution in [0.1, 0.15) is 23.1 Å². The van der Waals surface area contributed by atoms with Crippen molar-refractivity contribution < 1.29 is 4.79 Å². The third kappa shape index (κ3) is 2.84. The number of benzene rings is 2. The normalized spacial score (nSPS) is 16.6. The number of nitrogens with one attached hydrogen (secondary N) is 1. The minimum Gasteiger partial charge on any atom is -0.385 e. The fourth-order valence-corrected chi connectivity index (χ4v) is 3.97. The Kier molecular flexibility index (Phi) is 3.89. The Bertz CT molecular complexity index is 746. The van der Waals surface area contributed by atoms with Crippen LogP contribution in [0.15, 0.2) is 42.5 Å². The molecule has 1 aliphatic heterocycles. The van der Waals surface area contributed by atoms with Gasteiger partial charge < -0.3 is 11.1 Å². The van der Waals surface area contributed by atoms with E-state index >= 15 is 0 Å². The van der Waals surface area contributed by atoms with Crippen molar-refractivity contribution in [1.82, 2.24) is 0 Å². The third-order valence-electron chi connectivity index (χ3n) is 5.20. The summed E-state index contributed by atoms with van der Waals surface area (Å²) in [5.41, 5.74) is 11.7. The summed E-state index contributed by atoms with van der Waals surface area (Å²) in [5.74, 6) is 0.630. The molecule has 0 aromatic heterocycles. The molecule has 0 fully saturated rings. The second kappa shape index (κ2) is 6.19. The Morgan fingerprint density at radius 3 is 2.58 bits per heavy atom. The van der Waals surface area contributed by atoms with Gasteiger partial charge in [-0.25, -0.2) is 4.79 Å². The van der Waals surface area contributed by atoms with Crippen LogP contribution in [0.4, 0.5) is 16.2 Å². The summed E-state index contributed by atoms with van der Waals surface area (Å²) in [4.78, 5) is 13.3. The lowest BCUT2D eigenvalue weighted by Crippen LogP contribution is -2.39. The predicted molar refractivity (Wildman–Crippen MR) is 97.5 cm³/mol. The Hall–Kier alpha value is -2.49. The molecule has 124 valence electrons. The molecule has 0 spiro atoms. The number of aryl methyl sites for hydroxylation is 1. The van der Waals surface area contributed by atoms with Crippen LogP contribution >= 0.6 is 0 Å². The fraction of sp³-hybridized carbons (Fsp3) is 0.350. The smallest absolute Gasteiger partial charge is 0.319 e. The van der Waals surface area contributed by atoms with E-state index in [1.807, 2.05) is 0 Å². The van der Waals surface area contributed by atoms with Crippen molar-refractivity contribution in [1.29, 1.82) is 0 Å². The maximum Gasteiger partial charge on any atom is 0.319 e. The van der Waals surface area contributed by atoms with Gasteiger partial charge in [0.1, 0.15) is 0 Å². The molecule has 24 heavy (non-hydrogen) atoms. The predicted octanol–water partition coefficient (Wildman–Crippen LogP) is 3.34. The SMILES string of the molecule is NC(=O)N1CCCc2ccc(NCC3Cc4ccccc4C3)cc21. The van der Waals surface area contributed by atoms with Crippen molar-refractivity contribution in [3.63, 3.8) is 0 Å². The number of nitrogens with two attached hydrogens (primary N) is 1. The van der Waals surface area contributed by atoms with E-state index in [0.29, 0.717) is 12.5 Å². The summed E-state index contributed by atoms with van der Waals surface area (Å²) in [6, 6.07) is 14.7. The number of carbonyl (C=O) groups excluding carboxylic acids is 1. The molecular formula is C20H23N3O. The minimum atomic E-state index is -0.362. The molecule has 0 unspecified atom stereocenters. The Balaban J connectivity index is 1.45. The van der Waals surface area contributed by atoms with Crippen molar-refractivity contribution in [2.45, 2.75) is 25.7 Å². The van der Waals surface area contributed by atoms with E-state index in [1.54, 1.807) is 4.90 Å². The molecule has 0 atom stereocenters. The maximum absolute atomic E-state index is 11.6. The van der Waals surface area contributed by atoms with Gasteiger partial charge in [0.05, 0.1) is 5.69 Å². The highest BCUT2D eigenvalue weighted by Crippen LogP contribution is 2.31. The third-order valence-corrected chi connectivity index (χ3v) is 5.20. The van der Waals surface area contributed by atoms with E-state index in [-0.39, 0.29) is 6.03 Å². The molecule has 3 N–H and O–H groups in total. The second-order valence-corrected chi connectivity index (χ2v) is 6.86. The van der Waals surface area contributed by atoms with Crippen molar-refractivity contribution >= 4 is 17.4 Å². The summed E-state index contributed by atoms with van der Waals surface area (Å²) < 4.78 is 0. The van der Waals surface area contributed by atoms with Crippen LogP contribution in [-0.2, 0) is 19.3 Å². The largest absolute Gasteiger partial charge is 0.385 e. The van der Waals surface area contributed by atoms with Crippen LogP contribution in [0.25, 0.3) is 0 Å². The first-order valence-electron chi connectivity index (χ1n) is 8.71. The number of fused-ring (bicyclic) bond motifs is 2. The number of hydrogen-bond acceptors (Lipinski definition) is 2. The molecule has 0 saturated carbocycles. The van der Waals surface area contributed by atoms with E-state index in [4.69, 9.17) is 5.73 Å². The number of anilines is 2. The zero-order chi connectivity index (χ0) is 16.5. The van der Waals surface area contributed by atoms with Crippen LogP contribution < -0.4 is 16.0 Å². The highest BCUT2D eigenvalue weighted by molar-refractivity contribution is 5.92. The van der Waals surface area contributed by atoms with Gasteiger partial charge in [-0.2, -0.15) is 0 Å². The van der Waals surface area contributed by atoms with Gasteiger partial charge in [-0.1, -0.05) is 30.3 Å². The maximum atomic E-state index is 11.6. The summed E-state index contributed by atoms with van der Waals surface area (Å²) in [6.07, 6.45) is 4.27. The highest BCUT2D eigenvalue weighted by atomic mass is 16.2. The van der Waals surface area contributed by atoms with E-state index < -0.39 is 0 Å². The average molecular weight is 321 g/mol. The number of carbonyl (C=O) groups is 1. The number of hydrogen-bond donors (Lipinski definition) is 2. The molecular weight excluding hydrogens is 298 g/mol. The average Bonchev–Trinajstić information content (AvgIpc) is 3.02. The highest BCUT2D eigenvalue weighted by Gasteiger charge is 2.22. The zero-order valence-electron chi connectivity index (χ0n) is 13.8. The molecule has 2 amide bonds. The van der Waals surface area contributed by atoms with Gasteiger partial charge in [0, 0.05) is 18.8 Å². The van der Waals surface area contributed by atoms with Crippen LogP contribution in [0.2, 0.25) is 0 Å². The van der Waals surface area contributed by atoms with Gasteiger partial charge in [-0.3, -0.25) is 4.90 Å². The molecule has 4 nitrogen and oxygen atoms in total. The molecule has 1 aliphatic carbocycles. The number of urea groups is 1. The van der Waals surface area contributed by atoms with Crippen LogP contribution in [-0.4, -0.2) is 19.1 Å². The van der Waals surface area contributed by atoms with Crippen molar-refractivity contribution in [2.75, 3.05) is 23.3 Å². The van der Waals surface area contributed by atoms with E-state index in [1.165, 1.54) is 16.7 Å². The summed E-state index contributed by atoms with van der Waals surface area (Å²) in [7, 11) is 0. The summed E-state index contributed by atoms with van der Waals surface area (Å²) >= 11 is 0. The van der Waals surface area contributed by atoms with Gasteiger partial charge in [0.2, 0.25) is 0 Å². The van der Waals surface area contributed by atoms with E-state index in [9.17, 15) is 4.79 Å². The van der Waals surface area contributed by atoms with Gasteiger partial charge in [0.15, 0.2) is 0 Å². The molecule has 2 aliphatic rings. The molecule has 0 bridgehead atoms. The van der Waals surface area contributed by atoms with E-state index in [2.05, 4.69) is 47.8 Å². The first-order chi connectivity index (χ1) is 11.7. The lowest BCUT2D eigenvalue weighted by atomic mass is 10.0. The van der Waals surface area contributed by atoms with E-state index in [0.717, 1.165) is 43.6 Å². The number of nitrogens with zero attached hydrogens (tertiary/aromatic N) is 1. The van der Waals surface area contributed by atoms with Gasteiger partial charge in [0.25, 0.3) is 0 Å². The minimum absolute atomic E-state index is 0.362. The van der Waals surface area contributed by atoms with Crippen molar-refractivity contribution in [3.05, 3.63) is 59.2 Å². The van der Waals surface area contributed by atoms with Gasteiger partial charge >= 0.3 is 6.03 Å². The molecule has 2 aromatic rings. The lowest BCUT2D eigenvalue weighted by molar-refractivity contribution is 0.253. The number of amides is 2. The molecule has 4 heteroatoms. The zero-order valence-corrected chi connectivity index (χ0v) is 13.8. The molecule has 2 aromatic carbocycles. The molecule has 0 radical (unpaired) electrons. The first-order valence-corrected chi connectivity index (χ1v) is 8.71. The van der Waals surface area contributed by atoms with Crippen molar-refractivity contribution in [2.24, 2.45) is 11.7 Å². The Morgan fingerprint density at radius 2 is 1.88 bits per heavy atom. The first kappa shape index (κ1) is 15.1. The van der Waals surface area contributed by atoms with Crippen LogP contribution in [0.3, 0.4) is 0 Å². The molecule has 0 saturated heterocycles. The number of primary amides is 1. The molecule has 1 heterocycles. The monoisotopic (exact) mass is 321 g/mol. The second-order valence-electron chi connectivity index (χ2n) is 6.86. The quantitative estimate of drug-likeness (QED) is 0.911. The topological polar surface area (TPSA) is 58.4 Å². The van der Waals surface area contributed by atoms with Crippen LogP contribution in [0, 0.1) is 5.92 Å². The summed E-state index contributed by atoms with van der Waals surface area (Å²) in [6.45, 7) is 1.66. The Labute approximate surface area is 142 Å². The van der Waals surface area contributed by atoms with Gasteiger partial charge in [-0.05, 0) is 60.4 Å². The van der Waals surface area contributed by atoms with Crippen molar-refractivity contribution in [3.8, 4) is 0 Å². The number of rotatable bonds is 3.